The molecule has 0 fully saturated rings. The first-order chi connectivity index (χ1) is 9.04. The van der Waals surface area contributed by atoms with Crippen molar-refractivity contribution in [2.75, 3.05) is 6.54 Å². The molecule has 3 nitrogen and oxygen atoms in total. The SMILES string of the molecule is CCCCNC(=O)C(C)N[C@@H](C)c1cccc(C)c1. The van der Waals surface area contributed by atoms with Crippen LogP contribution in [0.3, 0.4) is 0 Å². The molecule has 19 heavy (non-hydrogen) atoms. The van der Waals surface area contributed by atoms with E-state index in [0.29, 0.717) is 0 Å². The van der Waals surface area contributed by atoms with Gasteiger partial charge in [0.1, 0.15) is 0 Å². The monoisotopic (exact) mass is 262 g/mol. The molecule has 1 unspecified atom stereocenters. The number of carbonyl (C=O) groups excluding carboxylic acids is 1. The molecule has 1 aromatic rings. The minimum Gasteiger partial charge on any atom is -0.355 e. The number of amides is 1. The molecule has 0 aliphatic carbocycles. The molecular weight excluding hydrogens is 236 g/mol. The lowest BCUT2D eigenvalue weighted by Crippen LogP contribution is -2.43. The second-order valence-electron chi connectivity index (χ2n) is 5.17. The Labute approximate surface area is 116 Å². The van der Waals surface area contributed by atoms with E-state index in [9.17, 15) is 4.79 Å². The van der Waals surface area contributed by atoms with Crippen LogP contribution in [-0.2, 0) is 4.79 Å². The van der Waals surface area contributed by atoms with E-state index in [1.807, 2.05) is 6.92 Å². The van der Waals surface area contributed by atoms with Crippen LogP contribution in [0, 0.1) is 6.92 Å². The molecule has 0 radical (unpaired) electrons. The van der Waals surface area contributed by atoms with E-state index in [4.69, 9.17) is 0 Å². The van der Waals surface area contributed by atoms with Crippen molar-refractivity contribution in [3.05, 3.63) is 35.4 Å². The van der Waals surface area contributed by atoms with Gasteiger partial charge in [-0.05, 0) is 32.8 Å². The molecule has 3 heteroatoms. The predicted molar refractivity (Wildman–Crippen MR) is 80.1 cm³/mol. The van der Waals surface area contributed by atoms with Crippen LogP contribution < -0.4 is 10.6 Å². The topological polar surface area (TPSA) is 41.1 Å². The van der Waals surface area contributed by atoms with Gasteiger partial charge in [-0.25, -0.2) is 0 Å². The Morgan fingerprint density at radius 1 is 1.32 bits per heavy atom. The second kappa shape index (κ2) is 7.95. The van der Waals surface area contributed by atoms with Crippen LogP contribution in [0.25, 0.3) is 0 Å². The van der Waals surface area contributed by atoms with Crippen molar-refractivity contribution in [2.45, 2.75) is 52.6 Å². The predicted octanol–water partition coefficient (Wildman–Crippen LogP) is 2.95. The molecule has 0 heterocycles. The summed E-state index contributed by atoms with van der Waals surface area (Å²) in [6.45, 7) is 8.96. The molecular formula is C16H26N2O. The quantitative estimate of drug-likeness (QED) is 0.742. The van der Waals surface area contributed by atoms with Crippen molar-refractivity contribution in [1.29, 1.82) is 0 Å². The van der Waals surface area contributed by atoms with Gasteiger partial charge >= 0.3 is 0 Å². The highest BCUT2D eigenvalue weighted by atomic mass is 16.2. The summed E-state index contributed by atoms with van der Waals surface area (Å²) in [4.78, 5) is 11.9. The van der Waals surface area contributed by atoms with E-state index < -0.39 is 0 Å². The number of unbranched alkanes of at least 4 members (excludes halogenated alkanes) is 1. The summed E-state index contributed by atoms with van der Waals surface area (Å²) in [5, 5.41) is 6.29. The summed E-state index contributed by atoms with van der Waals surface area (Å²) >= 11 is 0. The Morgan fingerprint density at radius 2 is 2.05 bits per heavy atom. The normalized spacial score (nSPS) is 13.9. The Hall–Kier alpha value is -1.35. The Morgan fingerprint density at radius 3 is 2.68 bits per heavy atom. The fraction of sp³-hybridized carbons (Fsp3) is 0.562. The molecule has 2 N–H and O–H groups in total. The molecule has 2 atom stereocenters. The molecule has 1 rings (SSSR count). The summed E-state index contributed by atoms with van der Waals surface area (Å²) in [5.74, 6) is 0.0768. The van der Waals surface area contributed by atoms with Crippen molar-refractivity contribution >= 4 is 5.91 Å². The Balaban J connectivity index is 2.47. The fourth-order valence-corrected chi connectivity index (χ4v) is 2.03. The third-order valence-electron chi connectivity index (χ3n) is 3.26. The molecule has 1 amide bonds. The third kappa shape index (κ3) is 5.43. The number of carbonyl (C=O) groups is 1. The highest BCUT2D eigenvalue weighted by Gasteiger charge is 2.15. The van der Waals surface area contributed by atoms with Gasteiger partial charge in [-0.1, -0.05) is 43.2 Å². The van der Waals surface area contributed by atoms with E-state index >= 15 is 0 Å². The Kier molecular flexibility index (Phi) is 6.57. The van der Waals surface area contributed by atoms with Crippen molar-refractivity contribution in [3.8, 4) is 0 Å². The van der Waals surface area contributed by atoms with Gasteiger partial charge in [-0.3, -0.25) is 10.1 Å². The van der Waals surface area contributed by atoms with Crippen LogP contribution in [0.2, 0.25) is 0 Å². The van der Waals surface area contributed by atoms with Gasteiger partial charge in [0.15, 0.2) is 0 Å². The maximum atomic E-state index is 11.9. The summed E-state index contributed by atoms with van der Waals surface area (Å²) in [7, 11) is 0. The lowest BCUT2D eigenvalue weighted by Gasteiger charge is -2.20. The Bertz CT molecular complexity index is 403. The van der Waals surface area contributed by atoms with Gasteiger partial charge in [0.2, 0.25) is 5.91 Å². The second-order valence-corrected chi connectivity index (χ2v) is 5.17. The smallest absolute Gasteiger partial charge is 0.236 e. The zero-order valence-corrected chi connectivity index (χ0v) is 12.5. The van der Waals surface area contributed by atoms with E-state index in [0.717, 1.165) is 19.4 Å². The average Bonchev–Trinajstić information content (AvgIpc) is 2.38. The lowest BCUT2D eigenvalue weighted by molar-refractivity contribution is -0.122. The van der Waals surface area contributed by atoms with Gasteiger partial charge in [0.25, 0.3) is 0 Å². The molecule has 0 aliphatic rings. The zero-order chi connectivity index (χ0) is 14.3. The zero-order valence-electron chi connectivity index (χ0n) is 12.5. The number of hydrogen-bond donors (Lipinski definition) is 2. The standard InChI is InChI=1S/C16H26N2O/c1-5-6-10-17-16(19)14(4)18-13(3)15-9-7-8-12(2)11-15/h7-9,11,13-14,18H,5-6,10H2,1-4H3,(H,17,19)/t13-,14?/m0/s1. The minimum absolute atomic E-state index is 0.0768. The molecule has 1 aromatic carbocycles. The highest BCUT2D eigenvalue weighted by molar-refractivity contribution is 5.81. The molecule has 0 bridgehead atoms. The fourth-order valence-electron chi connectivity index (χ4n) is 2.03. The van der Waals surface area contributed by atoms with Gasteiger partial charge in [0, 0.05) is 12.6 Å². The molecule has 0 aliphatic heterocycles. The number of hydrogen-bond acceptors (Lipinski definition) is 2. The van der Waals surface area contributed by atoms with Gasteiger partial charge in [-0.2, -0.15) is 0 Å². The van der Waals surface area contributed by atoms with Gasteiger partial charge in [-0.15, -0.1) is 0 Å². The summed E-state index contributed by atoms with van der Waals surface area (Å²) in [5.41, 5.74) is 2.46. The number of benzene rings is 1. The van der Waals surface area contributed by atoms with Crippen molar-refractivity contribution in [2.24, 2.45) is 0 Å². The number of nitrogens with one attached hydrogen (secondary N) is 2. The summed E-state index contributed by atoms with van der Waals surface area (Å²) in [6.07, 6.45) is 2.13. The van der Waals surface area contributed by atoms with Gasteiger partial charge in [0.05, 0.1) is 6.04 Å². The van der Waals surface area contributed by atoms with E-state index in [2.05, 4.69) is 55.7 Å². The van der Waals surface area contributed by atoms with Crippen molar-refractivity contribution < 1.29 is 4.79 Å². The largest absolute Gasteiger partial charge is 0.355 e. The first-order valence-electron chi connectivity index (χ1n) is 7.15. The summed E-state index contributed by atoms with van der Waals surface area (Å²) < 4.78 is 0. The maximum absolute atomic E-state index is 11.9. The van der Waals surface area contributed by atoms with Crippen LogP contribution in [0.4, 0.5) is 0 Å². The van der Waals surface area contributed by atoms with E-state index in [1.165, 1.54) is 11.1 Å². The van der Waals surface area contributed by atoms with Crippen LogP contribution in [-0.4, -0.2) is 18.5 Å². The minimum atomic E-state index is -0.174. The van der Waals surface area contributed by atoms with E-state index in [-0.39, 0.29) is 18.0 Å². The van der Waals surface area contributed by atoms with Crippen LogP contribution in [0.5, 0.6) is 0 Å². The van der Waals surface area contributed by atoms with Crippen molar-refractivity contribution in [1.82, 2.24) is 10.6 Å². The maximum Gasteiger partial charge on any atom is 0.236 e. The molecule has 106 valence electrons. The summed E-state index contributed by atoms with van der Waals surface area (Å²) in [6, 6.07) is 8.37. The number of aryl methyl sites for hydroxylation is 1. The number of rotatable bonds is 7. The third-order valence-corrected chi connectivity index (χ3v) is 3.26. The highest BCUT2D eigenvalue weighted by Crippen LogP contribution is 2.14. The molecule has 0 spiro atoms. The first-order valence-corrected chi connectivity index (χ1v) is 7.15. The van der Waals surface area contributed by atoms with Gasteiger partial charge < -0.3 is 5.32 Å². The molecule has 0 saturated heterocycles. The van der Waals surface area contributed by atoms with E-state index in [1.54, 1.807) is 0 Å². The van der Waals surface area contributed by atoms with Crippen LogP contribution in [0.1, 0.15) is 50.8 Å². The average molecular weight is 262 g/mol. The van der Waals surface area contributed by atoms with Crippen LogP contribution in [0.15, 0.2) is 24.3 Å². The molecule has 0 aromatic heterocycles. The lowest BCUT2D eigenvalue weighted by atomic mass is 10.1. The molecule has 0 saturated carbocycles. The van der Waals surface area contributed by atoms with Crippen molar-refractivity contribution in [3.63, 3.8) is 0 Å². The van der Waals surface area contributed by atoms with Crippen LogP contribution >= 0.6 is 0 Å². The first kappa shape index (κ1) is 15.7.